The summed E-state index contributed by atoms with van der Waals surface area (Å²) in [7, 11) is 0. The number of anilines is 1. The zero-order valence-electron chi connectivity index (χ0n) is 11.4. The van der Waals surface area contributed by atoms with Crippen LogP contribution in [0.1, 0.15) is 18.5 Å². The lowest BCUT2D eigenvalue weighted by atomic mass is 10.0. The molecule has 2 rings (SSSR count). The van der Waals surface area contributed by atoms with Gasteiger partial charge >= 0.3 is 0 Å². The molecule has 106 valence electrons. The van der Waals surface area contributed by atoms with Crippen molar-refractivity contribution in [2.75, 3.05) is 18.0 Å². The van der Waals surface area contributed by atoms with Crippen LogP contribution in [0.3, 0.4) is 0 Å². The summed E-state index contributed by atoms with van der Waals surface area (Å²) >= 11 is 6.05. The lowest BCUT2D eigenvalue weighted by Crippen LogP contribution is -2.33. The van der Waals surface area contributed by atoms with Gasteiger partial charge < -0.3 is 10.6 Å². The van der Waals surface area contributed by atoms with Gasteiger partial charge in [-0.3, -0.25) is 0 Å². The molecule has 0 aliphatic rings. The molecule has 2 aromatic rings. The lowest BCUT2D eigenvalue weighted by molar-refractivity contribution is 0.622. The fraction of sp³-hybridized carbons (Fsp3) is 0.250. The van der Waals surface area contributed by atoms with Crippen molar-refractivity contribution in [3.8, 4) is 0 Å². The normalized spacial score (nSPS) is 12.2. The van der Waals surface area contributed by atoms with E-state index in [-0.39, 0.29) is 11.9 Å². The first-order valence-corrected chi connectivity index (χ1v) is 7.01. The Bertz CT molecular complexity index is 557. The molecule has 0 radical (unpaired) electrons. The summed E-state index contributed by atoms with van der Waals surface area (Å²) in [6, 6.07) is 14.2. The Hall–Kier alpha value is -1.58. The Balaban J connectivity index is 2.34. The molecule has 2 aromatic carbocycles. The van der Waals surface area contributed by atoms with Crippen LogP contribution < -0.4 is 10.6 Å². The van der Waals surface area contributed by atoms with Gasteiger partial charge in [-0.2, -0.15) is 0 Å². The Kier molecular flexibility index (Phi) is 4.99. The number of rotatable bonds is 5. The smallest absolute Gasteiger partial charge is 0.123 e. The topological polar surface area (TPSA) is 29.3 Å². The molecule has 0 saturated heterocycles. The standard InChI is InChI=1S/C16H18ClFN2/c1-2-20(15-8-6-14(18)7-9-15)16(11-19)12-4-3-5-13(17)10-12/h3-10,16H,2,11,19H2,1H3. The average Bonchev–Trinajstić information content (AvgIpc) is 2.46. The van der Waals surface area contributed by atoms with Crippen molar-refractivity contribution in [1.82, 2.24) is 0 Å². The van der Waals surface area contributed by atoms with Crippen LogP contribution in [0.15, 0.2) is 48.5 Å². The van der Waals surface area contributed by atoms with E-state index < -0.39 is 0 Å². The number of nitrogens with two attached hydrogens (primary N) is 1. The highest BCUT2D eigenvalue weighted by molar-refractivity contribution is 6.30. The summed E-state index contributed by atoms with van der Waals surface area (Å²) in [4.78, 5) is 2.14. The van der Waals surface area contributed by atoms with Gasteiger partial charge in [-0.1, -0.05) is 23.7 Å². The Labute approximate surface area is 124 Å². The van der Waals surface area contributed by atoms with Crippen molar-refractivity contribution < 1.29 is 4.39 Å². The Morgan fingerprint density at radius 3 is 2.45 bits per heavy atom. The first kappa shape index (κ1) is 14.8. The minimum atomic E-state index is -0.239. The molecule has 0 bridgehead atoms. The van der Waals surface area contributed by atoms with Gasteiger partial charge in [0.25, 0.3) is 0 Å². The van der Waals surface area contributed by atoms with E-state index in [0.717, 1.165) is 17.8 Å². The fourth-order valence-corrected chi connectivity index (χ4v) is 2.57. The Morgan fingerprint density at radius 1 is 1.20 bits per heavy atom. The highest BCUT2D eigenvalue weighted by Gasteiger charge is 2.18. The summed E-state index contributed by atoms with van der Waals surface area (Å²) in [5, 5.41) is 0.691. The molecule has 0 saturated carbocycles. The van der Waals surface area contributed by atoms with Gasteiger partial charge in [-0.15, -0.1) is 0 Å². The van der Waals surface area contributed by atoms with E-state index in [1.807, 2.05) is 24.3 Å². The lowest BCUT2D eigenvalue weighted by Gasteiger charge is -2.32. The first-order valence-electron chi connectivity index (χ1n) is 6.63. The van der Waals surface area contributed by atoms with Crippen LogP contribution in [0.25, 0.3) is 0 Å². The van der Waals surface area contributed by atoms with Gasteiger partial charge in [0.15, 0.2) is 0 Å². The van der Waals surface area contributed by atoms with Crippen LogP contribution in [0, 0.1) is 5.82 Å². The maximum Gasteiger partial charge on any atom is 0.123 e. The summed E-state index contributed by atoms with van der Waals surface area (Å²) in [6.07, 6.45) is 0. The second-order valence-corrected chi connectivity index (χ2v) is 5.01. The fourth-order valence-electron chi connectivity index (χ4n) is 2.37. The minimum Gasteiger partial charge on any atom is -0.363 e. The molecule has 0 heterocycles. The molecule has 2 N–H and O–H groups in total. The molecular weight excluding hydrogens is 275 g/mol. The number of hydrogen-bond acceptors (Lipinski definition) is 2. The summed E-state index contributed by atoms with van der Waals surface area (Å²) in [6.45, 7) is 3.29. The maximum atomic E-state index is 13.1. The molecule has 0 aromatic heterocycles. The molecule has 0 spiro atoms. The molecule has 20 heavy (non-hydrogen) atoms. The van der Waals surface area contributed by atoms with Gasteiger partial charge in [0.2, 0.25) is 0 Å². The van der Waals surface area contributed by atoms with Crippen LogP contribution in [0.5, 0.6) is 0 Å². The third-order valence-corrected chi connectivity index (χ3v) is 3.57. The quantitative estimate of drug-likeness (QED) is 0.902. The summed E-state index contributed by atoms with van der Waals surface area (Å²) < 4.78 is 13.1. The maximum absolute atomic E-state index is 13.1. The first-order chi connectivity index (χ1) is 9.65. The van der Waals surface area contributed by atoms with Crippen LogP contribution in [0.2, 0.25) is 5.02 Å². The molecule has 0 aliphatic carbocycles. The summed E-state index contributed by atoms with van der Waals surface area (Å²) in [5.41, 5.74) is 7.95. The Morgan fingerprint density at radius 2 is 1.90 bits per heavy atom. The monoisotopic (exact) mass is 292 g/mol. The predicted molar refractivity (Wildman–Crippen MR) is 82.7 cm³/mol. The van der Waals surface area contributed by atoms with Crippen LogP contribution in [-0.4, -0.2) is 13.1 Å². The predicted octanol–water partition coefficient (Wildman–Crippen LogP) is 4.01. The molecule has 0 aliphatic heterocycles. The van der Waals surface area contributed by atoms with Gasteiger partial charge in [-0.05, 0) is 48.9 Å². The largest absolute Gasteiger partial charge is 0.363 e. The van der Waals surface area contributed by atoms with E-state index in [1.165, 1.54) is 12.1 Å². The average molecular weight is 293 g/mol. The molecule has 1 unspecified atom stereocenters. The van der Waals surface area contributed by atoms with Gasteiger partial charge in [0.1, 0.15) is 5.82 Å². The van der Waals surface area contributed by atoms with E-state index in [4.69, 9.17) is 17.3 Å². The number of halogens is 2. The van der Waals surface area contributed by atoms with Crippen LogP contribution >= 0.6 is 11.6 Å². The zero-order chi connectivity index (χ0) is 14.5. The van der Waals surface area contributed by atoms with E-state index in [1.54, 1.807) is 12.1 Å². The second-order valence-electron chi connectivity index (χ2n) is 4.57. The van der Waals surface area contributed by atoms with Crippen molar-refractivity contribution in [2.24, 2.45) is 5.73 Å². The van der Waals surface area contributed by atoms with Crippen molar-refractivity contribution >= 4 is 17.3 Å². The molecule has 4 heteroatoms. The van der Waals surface area contributed by atoms with Crippen molar-refractivity contribution in [1.29, 1.82) is 0 Å². The van der Waals surface area contributed by atoms with Gasteiger partial charge in [0.05, 0.1) is 6.04 Å². The number of benzene rings is 2. The highest BCUT2D eigenvalue weighted by atomic mass is 35.5. The third kappa shape index (κ3) is 3.30. The third-order valence-electron chi connectivity index (χ3n) is 3.33. The molecular formula is C16H18ClFN2. The van der Waals surface area contributed by atoms with Crippen molar-refractivity contribution in [3.05, 3.63) is 64.9 Å². The summed E-state index contributed by atoms with van der Waals surface area (Å²) in [5.74, 6) is -0.239. The van der Waals surface area contributed by atoms with Crippen molar-refractivity contribution in [2.45, 2.75) is 13.0 Å². The van der Waals surface area contributed by atoms with E-state index in [2.05, 4.69) is 11.8 Å². The van der Waals surface area contributed by atoms with E-state index >= 15 is 0 Å². The minimum absolute atomic E-state index is 0.0177. The SMILES string of the molecule is CCN(c1ccc(F)cc1)C(CN)c1cccc(Cl)c1. The highest BCUT2D eigenvalue weighted by Crippen LogP contribution is 2.27. The molecule has 0 amide bonds. The zero-order valence-corrected chi connectivity index (χ0v) is 12.1. The van der Waals surface area contributed by atoms with E-state index in [9.17, 15) is 4.39 Å². The number of nitrogens with zero attached hydrogens (tertiary/aromatic N) is 1. The van der Waals surface area contributed by atoms with E-state index in [0.29, 0.717) is 11.6 Å². The molecule has 2 nitrogen and oxygen atoms in total. The van der Waals surface area contributed by atoms with Gasteiger partial charge in [0, 0.05) is 23.8 Å². The van der Waals surface area contributed by atoms with Crippen LogP contribution in [0.4, 0.5) is 10.1 Å². The van der Waals surface area contributed by atoms with Crippen molar-refractivity contribution in [3.63, 3.8) is 0 Å². The molecule has 1 atom stereocenters. The number of likely N-dealkylation sites (N-methyl/N-ethyl adjacent to an activating group) is 1. The second kappa shape index (κ2) is 6.73. The number of hydrogen-bond donors (Lipinski definition) is 1. The van der Waals surface area contributed by atoms with Crippen LogP contribution in [-0.2, 0) is 0 Å². The van der Waals surface area contributed by atoms with Gasteiger partial charge in [-0.25, -0.2) is 4.39 Å². The molecule has 0 fully saturated rings.